The van der Waals surface area contributed by atoms with E-state index < -0.39 is 4.92 Å². The van der Waals surface area contributed by atoms with E-state index in [1.54, 1.807) is 19.1 Å². The van der Waals surface area contributed by atoms with Crippen LogP contribution in [0.2, 0.25) is 0 Å². The smallest absolute Gasteiger partial charge is 0.274 e. The Morgan fingerprint density at radius 3 is 2.75 bits per heavy atom. The molecule has 0 bridgehead atoms. The van der Waals surface area contributed by atoms with E-state index >= 15 is 0 Å². The second kappa shape index (κ2) is 7.78. The maximum atomic E-state index is 12.4. The summed E-state index contributed by atoms with van der Waals surface area (Å²) in [5, 5.41) is 23.3. The zero-order chi connectivity index (χ0) is 19.7. The lowest BCUT2D eigenvalue weighted by molar-refractivity contribution is -0.385. The number of aromatic nitrogens is 3. The molecule has 1 saturated heterocycles. The van der Waals surface area contributed by atoms with Crippen molar-refractivity contribution in [2.24, 2.45) is 0 Å². The number of carbonyl (C=O) groups is 1. The van der Waals surface area contributed by atoms with E-state index in [0.29, 0.717) is 17.3 Å². The molecule has 0 atom stereocenters. The van der Waals surface area contributed by atoms with Gasteiger partial charge in [-0.05, 0) is 38.7 Å². The summed E-state index contributed by atoms with van der Waals surface area (Å²) in [4.78, 5) is 25.3. The van der Waals surface area contributed by atoms with Gasteiger partial charge in [-0.25, -0.2) is 0 Å². The molecule has 2 fully saturated rings. The highest BCUT2D eigenvalue weighted by atomic mass is 32.2. The Kier molecular flexibility index (Phi) is 5.21. The van der Waals surface area contributed by atoms with E-state index in [1.807, 2.05) is 0 Å². The molecule has 28 heavy (non-hydrogen) atoms. The van der Waals surface area contributed by atoms with E-state index in [2.05, 4.69) is 25.0 Å². The summed E-state index contributed by atoms with van der Waals surface area (Å²) < 4.78 is 2.17. The normalized spacial score (nSPS) is 16.4. The average Bonchev–Trinajstić information content (AvgIpc) is 3.18. The predicted octanol–water partition coefficient (Wildman–Crippen LogP) is 3.16. The molecular formula is C18H22N6O3S. The van der Waals surface area contributed by atoms with Crippen LogP contribution in [0.3, 0.4) is 0 Å². The number of nitro benzene ring substituents is 1. The Labute approximate surface area is 166 Å². The van der Waals surface area contributed by atoms with E-state index in [0.717, 1.165) is 37.0 Å². The Balaban J connectivity index is 1.43. The number of rotatable bonds is 7. The fourth-order valence-corrected chi connectivity index (χ4v) is 4.23. The molecule has 1 saturated carbocycles. The van der Waals surface area contributed by atoms with Crippen LogP contribution in [0.4, 0.5) is 17.3 Å². The SMILES string of the molecule is Cc1c(NC(=O)CSc2nnc(N3CCCC3)n2C2CC2)cccc1[N+](=O)[O-]. The lowest BCUT2D eigenvalue weighted by Crippen LogP contribution is -2.22. The van der Waals surface area contributed by atoms with Crippen molar-refractivity contribution in [2.75, 3.05) is 29.1 Å². The largest absolute Gasteiger partial charge is 0.341 e. The topological polar surface area (TPSA) is 106 Å². The van der Waals surface area contributed by atoms with E-state index in [1.165, 1.54) is 30.7 Å². The Hall–Kier alpha value is -2.62. The molecule has 2 aliphatic rings. The quantitative estimate of drug-likeness (QED) is 0.431. The lowest BCUT2D eigenvalue weighted by atomic mass is 10.1. The molecule has 9 nitrogen and oxygen atoms in total. The molecule has 1 aromatic carbocycles. The summed E-state index contributed by atoms with van der Waals surface area (Å²) in [6.07, 6.45) is 4.58. The number of hydrogen-bond acceptors (Lipinski definition) is 7. The minimum atomic E-state index is -0.447. The number of hydrogen-bond donors (Lipinski definition) is 1. The molecule has 2 heterocycles. The second-order valence-corrected chi connectivity index (χ2v) is 8.06. The first-order chi connectivity index (χ1) is 13.5. The van der Waals surface area contributed by atoms with Gasteiger partial charge in [-0.1, -0.05) is 17.8 Å². The van der Waals surface area contributed by atoms with Crippen molar-refractivity contribution in [3.8, 4) is 0 Å². The molecule has 0 spiro atoms. The van der Waals surface area contributed by atoms with Gasteiger partial charge in [0.15, 0.2) is 5.16 Å². The third-order valence-corrected chi connectivity index (χ3v) is 6.00. The van der Waals surface area contributed by atoms with Gasteiger partial charge >= 0.3 is 0 Å². The number of nitrogens with one attached hydrogen (secondary N) is 1. The van der Waals surface area contributed by atoms with Crippen molar-refractivity contribution in [3.05, 3.63) is 33.9 Å². The number of nitro groups is 1. The van der Waals surface area contributed by atoms with Crippen molar-refractivity contribution >= 4 is 35.0 Å². The first kappa shape index (κ1) is 18.7. The van der Waals surface area contributed by atoms with E-state index in [-0.39, 0.29) is 17.3 Å². The molecule has 4 rings (SSSR count). The molecule has 1 aromatic heterocycles. The standard InChI is InChI=1S/C18H22N6O3S/c1-12-14(5-4-6-15(12)24(26)27)19-16(25)11-28-18-21-20-17(22-9-2-3-10-22)23(18)13-7-8-13/h4-6,13H,2-3,7-11H2,1H3,(H,19,25). The molecule has 1 amide bonds. The molecule has 1 aliphatic heterocycles. The van der Waals surface area contributed by atoms with Gasteiger partial charge in [0.2, 0.25) is 11.9 Å². The summed E-state index contributed by atoms with van der Waals surface area (Å²) in [5.74, 6) is 0.867. The third-order valence-electron chi connectivity index (χ3n) is 5.06. The van der Waals surface area contributed by atoms with Crippen molar-refractivity contribution < 1.29 is 9.72 Å². The molecule has 2 aromatic rings. The maximum absolute atomic E-state index is 12.4. The number of nitrogens with zero attached hydrogens (tertiary/aromatic N) is 5. The third kappa shape index (κ3) is 3.82. The first-order valence-electron chi connectivity index (χ1n) is 9.41. The number of amides is 1. The summed E-state index contributed by atoms with van der Waals surface area (Å²) in [7, 11) is 0. The number of benzene rings is 1. The minimum Gasteiger partial charge on any atom is -0.341 e. The van der Waals surface area contributed by atoms with Crippen LogP contribution < -0.4 is 10.2 Å². The summed E-state index contributed by atoms with van der Waals surface area (Å²) in [6, 6.07) is 5.09. The highest BCUT2D eigenvalue weighted by Crippen LogP contribution is 2.41. The minimum absolute atomic E-state index is 0.00538. The van der Waals surface area contributed by atoms with Crippen LogP contribution in [-0.4, -0.2) is 44.4 Å². The predicted molar refractivity (Wildman–Crippen MR) is 107 cm³/mol. The van der Waals surface area contributed by atoms with Gasteiger partial charge in [0.25, 0.3) is 5.69 Å². The summed E-state index contributed by atoms with van der Waals surface area (Å²) in [5.41, 5.74) is 0.902. The van der Waals surface area contributed by atoms with Crippen molar-refractivity contribution in [1.82, 2.24) is 14.8 Å². The fourth-order valence-electron chi connectivity index (χ4n) is 3.43. The second-order valence-electron chi connectivity index (χ2n) is 7.12. The monoisotopic (exact) mass is 402 g/mol. The van der Waals surface area contributed by atoms with Crippen LogP contribution in [-0.2, 0) is 4.79 Å². The fraction of sp³-hybridized carbons (Fsp3) is 0.500. The zero-order valence-corrected chi connectivity index (χ0v) is 16.4. The molecule has 1 aliphatic carbocycles. The van der Waals surface area contributed by atoms with Gasteiger partial charge in [0.05, 0.1) is 21.9 Å². The number of anilines is 2. The van der Waals surface area contributed by atoms with Crippen molar-refractivity contribution in [1.29, 1.82) is 0 Å². The van der Waals surface area contributed by atoms with Gasteiger partial charge in [0.1, 0.15) is 0 Å². The molecule has 0 radical (unpaired) electrons. The van der Waals surface area contributed by atoms with Gasteiger partial charge in [-0.2, -0.15) is 0 Å². The Morgan fingerprint density at radius 2 is 2.07 bits per heavy atom. The van der Waals surface area contributed by atoms with E-state index in [9.17, 15) is 14.9 Å². The molecule has 0 unspecified atom stereocenters. The van der Waals surface area contributed by atoms with Gasteiger partial charge in [-0.3, -0.25) is 19.5 Å². The van der Waals surface area contributed by atoms with Gasteiger partial charge in [-0.15, -0.1) is 10.2 Å². The van der Waals surface area contributed by atoms with Crippen molar-refractivity contribution in [2.45, 2.75) is 43.8 Å². The van der Waals surface area contributed by atoms with Crippen LogP contribution in [0.25, 0.3) is 0 Å². The molecule has 10 heteroatoms. The highest BCUT2D eigenvalue weighted by molar-refractivity contribution is 7.99. The first-order valence-corrected chi connectivity index (χ1v) is 10.4. The molecular weight excluding hydrogens is 380 g/mol. The maximum Gasteiger partial charge on any atom is 0.274 e. The van der Waals surface area contributed by atoms with Crippen LogP contribution in [0.15, 0.2) is 23.4 Å². The zero-order valence-electron chi connectivity index (χ0n) is 15.6. The lowest BCUT2D eigenvalue weighted by Gasteiger charge is -2.17. The molecule has 148 valence electrons. The van der Waals surface area contributed by atoms with Crippen LogP contribution in [0.5, 0.6) is 0 Å². The van der Waals surface area contributed by atoms with E-state index in [4.69, 9.17) is 0 Å². The average molecular weight is 402 g/mol. The van der Waals surface area contributed by atoms with Crippen LogP contribution in [0.1, 0.15) is 37.3 Å². The number of carbonyl (C=O) groups excluding carboxylic acids is 1. The van der Waals surface area contributed by atoms with Crippen molar-refractivity contribution in [3.63, 3.8) is 0 Å². The Morgan fingerprint density at radius 1 is 1.32 bits per heavy atom. The summed E-state index contributed by atoms with van der Waals surface area (Å²) in [6.45, 7) is 3.64. The highest BCUT2D eigenvalue weighted by Gasteiger charge is 2.32. The number of thioether (sulfide) groups is 1. The molecule has 1 N–H and O–H groups in total. The van der Waals surface area contributed by atoms with Gasteiger partial charge in [0, 0.05) is 25.2 Å². The Bertz CT molecular complexity index is 905. The summed E-state index contributed by atoms with van der Waals surface area (Å²) >= 11 is 1.36. The van der Waals surface area contributed by atoms with Crippen LogP contribution >= 0.6 is 11.8 Å². The van der Waals surface area contributed by atoms with Gasteiger partial charge < -0.3 is 10.2 Å². The van der Waals surface area contributed by atoms with Crippen LogP contribution in [0, 0.1) is 17.0 Å².